The molecule has 1 rings (SSSR count). The van der Waals surface area contributed by atoms with Crippen molar-refractivity contribution in [1.82, 2.24) is 4.90 Å². The quantitative estimate of drug-likeness (QED) is 0.239. The minimum absolute atomic E-state index is 0.135. The minimum Gasteiger partial charge on any atom is -0.477 e. The molecular weight excluding hydrogens is 328 g/mol. The number of carboxylic acids is 1. The van der Waals surface area contributed by atoms with Crippen molar-refractivity contribution in [3.8, 4) is 0 Å². The van der Waals surface area contributed by atoms with Gasteiger partial charge in [-0.3, -0.25) is 4.79 Å². The number of amides is 1. The largest absolute Gasteiger partial charge is 0.477 e. The molecule has 26 heavy (non-hydrogen) atoms. The fourth-order valence-electron chi connectivity index (χ4n) is 3.74. The number of carbonyl (C=O) groups is 2. The smallest absolute Gasteiger partial charge is 0.359 e. The highest BCUT2D eigenvalue weighted by Crippen LogP contribution is 2.26. The van der Waals surface area contributed by atoms with Gasteiger partial charge in [-0.15, -0.1) is 0 Å². The van der Waals surface area contributed by atoms with Crippen LogP contribution >= 0.6 is 0 Å². The Morgan fingerprint density at radius 1 is 0.962 bits per heavy atom. The maximum absolute atomic E-state index is 11.9. The lowest BCUT2D eigenvalue weighted by Crippen LogP contribution is -2.45. The van der Waals surface area contributed by atoms with Gasteiger partial charge in [0.1, 0.15) is 6.04 Å². The average Bonchev–Trinajstić information content (AvgIpc) is 3.16. The van der Waals surface area contributed by atoms with Crippen molar-refractivity contribution in [2.75, 3.05) is 33.7 Å². The van der Waals surface area contributed by atoms with Gasteiger partial charge in [0.05, 0.1) is 20.6 Å². The molecule has 1 aliphatic rings. The van der Waals surface area contributed by atoms with Crippen LogP contribution in [-0.4, -0.2) is 66.1 Å². The highest BCUT2D eigenvalue weighted by molar-refractivity contribution is 5.96. The Hall–Kier alpha value is -1.10. The van der Waals surface area contributed by atoms with Gasteiger partial charge < -0.3 is 14.5 Å². The maximum Gasteiger partial charge on any atom is 0.359 e. The van der Waals surface area contributed by atoms with E-state index in [2.05, 4.69) is 6.92 Å². The Balaban J connectivity index is 1.96. The van der Waals surface area contributed by atoms with E-state index in [1.807, 2.05) is 19.0 Å². The molecule has 0 radical (unpaired) electrons. The fourth-order valence-corrected chi connectivity index (χ4v) is 3.74. The summed E-state index contributed by atoms with van der Waals surface area (Å²) in [6, 6.07) is 0.152. The maximum atomic E-state index is 11.9. The number of carbonyl (C=O) groups excluding carboxylic acids is 1. The average molecular weight is 370 g/mol. The summed E-state index contributed by atoms with van der Waals surface area (Å²) in [5, 5.41) is 8.90. The fraction of sp³-hybridized carbons (Fsp3) is 0.905. The lowest BCUT2D eigenvalue weighted by Gasteiger charge is -2.27. The molecule has 1 unspecified atom stereocenters. The molecule has 1 saturated heterocycles. The van der Waals surface area contributed by atoms with Gasteiger partial charge in [0, 0.05) is 13.0 Å². The van der Waals surface area contributed by atoms with Gasteiger partial charge >= 0.3 is 5.97 Å². The predicted octanol–water partition coefficient (Wildman–Crippen LogP) is 4.06. The number of nitrogens with zero attached hydrogens (tertiary/aromatic N) is 2. The van der Waals surface area contributed by atoms with E-state index in [-0.39, 0.29) is 12.6 Å². The van der Waals surface area contributed by atoms with Crippen molar-refractivity contribution in [3.05, 3.63) is 0 Å². The van der Waals surface area contributed by atoms with Gasteiger partial charge in [-0.2, -0.15) is 0 Å². The minimum atomic E-state index is -0.767. The van der Waals surface area contributed by atoms with Crippen LogP contribution in [0.4, 0.5) is 0 Å². The van der Waals surface area contributed by atoms with Crippen LogP contribution < -0.4 is 0 Å². The van der Waals surface area contributed by atoms with E-state index in [1.54, 1.807) is 0 Å². The first-order valence-corrected chi connectivity index (χ1v) is 10.7. The van der Waals surface area contributed by atoms with Gasteiger partial charge in [0.25, 0.3) is 0 Å². The second kappa shape index (κ2) is 12.3. The summed E-state index contributed by atoms with van der Waals surface area (Å²) in [4.78, 5) is 24.7. The lowest BCUT2D eigenvalue weighted by atomic mass is 10.1. The van der Waals surface area contributed by atoms with Crippen LogP contribution in [0, 0.1) is 0 Å². The predicted molar refractivity (Wildman–Crippen MR) is 106 cm³/mol. The van der Waals surface area contributed by atoms with Crippen LogP contribution in [0.2, 0.25) is 0 Å². The molecule has 1 amide bonds. The number of rotatable bonds is 17. The summed E-state index contributed by atoms with van der Waals surface area (Å²) in [5.41, 5.74) is 0. The first-order valence-electron chi connectivity index (χ1n) is 10.7. The Labute approximate surface area is 160 Å². The van der Waals surface area contributed by atoms with Crippen molar-refractivity contribution < 1.29 is 19.2 Å². The molecule has 0 aromatic carbocycles. The van der Waals surface area contributed by atoms with Crippen LogP contribution in [0.3, 0.4) is 0 Å². The number of carboxylic acid groups (broad SMARTS) is 1. The van der Waals surface area contributed by atoms with E-state index in [4.69, 9.17) is 5.11 Å². The summed E-state index contributed by atoms with van der Waals surface area (Å²) in [7, 11) is 3.86. The zero-order valence-electron chi connectivity index (χ0n) is 17.3. The van der Waals surface area contributed by atoms with Gasteiger partial charge in [-0.05, 0) is 6.42 Å². The Bertz CT molecular complexity index is 423. The van der Waals surface area contributed by atoms with Crippen LogP contribution in [0.25, 0.3) is 0 Å². The van der Waals surface area contributed by atoms with E-state index in [0.717, 1.165) is 32.4 Å². The number of quaternary nitrogens is 1. The monoisotopic (exact) mass is 369 g/mol. The lowest BCUT2D eigenvalue weighted by molar-refractivity contribution is -0.883. The molecule has 1 fully saturated rings. The molecule has 0 aliphatic carbocycles. The molecule has 1 aliphatic heterocycles. The third-order valence-electron chi connectivity index (χ3n) is 5.43. The van der Waals surface area contributed by atoms with E-state index in [1.165, 1.54) is 57.8 Å². The number of likely N-dealkylation sites (N-methyl/N-ethyl adjacent to an activating group) is 1. The number of aliphatic carboxylic acids is 1. The molecule has 1 heterocycles. The highest BCUT2D eigenvalue weighted by Gasteiger charge is 2.44. The van der Waals surface area contributed by atoms with Crippen LogP contribution in [-0.2, 0) is 9.59 Å². The molecule has 152 valence electrons. The summed E-state index contributed by atoms with van der Waals surface area (Å²) in [5.74, 6) is -0.471. The topological polar surface area (TPSA) is 57.4 Å². The Morgan fingerprint density at radius 2 is 1.50 bits per heavy atom. The molecule has 5 nitrogen and oxygen atoms in total. The van der Waals surface area contributed by atoms with E-state index in [9.17, 15) is 9.59 Å². The van der Waals surface area contributed by atoms with Gasteiger partial charge in [0.15, 0.2) is 6.54 Å². The molecule has 1 N–H and O–H groups in total. The molecule has 0 bridgehead atoms. The highest BCUT2D eigenvalue weighted by atomic mass is 16.4. The molecule has 1 atom stereocenters. The molecular formula is C21H41N2O3+. The van der Waals surface area contributed by atoms with E-state index < -0.39 is 5.97 Å². The first kappa shape index (κ1) is 22.9. The number of hydrogen-bond donors (Lipinski definition) is 1. The Morgan fingerprint density at radius 3 is 2.04 bits per heavy atom. The molecule has 0 aromatic rings. The normalized spacial score (nSPS) is 17.0. The van der Waals surface area contributed by atoms with Crippen molar-refractivity contribution in [2.45, 2.75) is 90.0 Å². The molecule has 0 aromatic heterocycles. The summed E-state index contributed by atoms with van der Waals surface area (Å²) in [6.45, 7) is 3.96. The summed E-state index contributed by atoms with van der Waals surface area (Å²) >= 11 is 0. The second-order valence-corrected chi connectivity index (χ2v) is 8.58. The molecule has 0 spiro atoms. The van der Waals surface area contributed by atoms with Crippen LogP contribution in [0.15, 0.2) is 0 Å². The zero-order valence-corrected chi connectivity index (χ0v) is 17.3. The SMILES string of the molecule is CCCCCCCCCCCCC1C(=O)N1CCC[N+](C)(C)CC(=O)O. The van der Waals surface area contributed by atoms with Crippen LogP contribution in [0.5, 0.6) is 0 Å². The molecule has 0 saturated carbocycles. The summed E-state index contributed by atoms with van der Waals surface area (Å²) in [6.07, 6.45) is 15.1. The second-order valence-electron chi connectivity index (χ2n) is 8.58. The van der Waals surface area contributed by atoms with Gasteiger partial charge in [-0.25, -0.2) is 4.79 Å². The standard InChI is InChI=1S/C21H40N2O3/c1-4-5-6-7-8-9-10-11-12-13-15-19-21(26)22(19)16-14-17-23(2,3)18-20(24)25/h19H,4-18H2,1-3H3/p+1. The van der Waals surface area contributed by atoms with E-state index >= 15 is 0 Å². The number of hydrogen-bond acceptors (Lipinski definition) is 2. The van der Waals surface area contributed by atoms with Crippen molar-refractivity contribution in [3.63, 3.8) is 0 Å². The molecule has 5 heteroatoms. The summed E-state index contributed by atoms with van der Waals surface area (Å²) < 4.78 is 0.473. The van der Waals surface area contributed by atoms with Gasteiger partial charge in [-0.1, -0.05) is 71.1 Å². The zero-order chi connectivity index (χ0) is 19.4. The van der Waals surface area contributed by atoms with Crippen molar-refractivity contribution in [1.29, 1.82) is 0 Å². The Kier molecular flexibility index (Phi) is 10.9. The third kappa shape index (κ3) is 10.1. The van der Waals surface area contributed by atoms with E-state index in [0.29, 0.717) is 10.4 Å². The van der Waals surface area contributed by atoms with Gasteiger partial charge in [0.2, 0.25) is 5.91 Å². The van der Waals surface area contributed by atoms with Crippen LogP contribution in [0.1, 0.15) is 84.0 Å². The third-order valence-corrected chi connectivity index (χ3v) is 5.43. The van der Waals surface area contributed by atoms with Crippen molar-refractivity contribution in [2.24, 2.45) is 0 Å². The number of unbranched alkanes of at least 4 members (excludes halogenated alkanes) is 9. The first-order chi connectivity index (χ1) is 12.4. The van der Waals surface area contributed by atoms with Crippen molar-refractivity contribution >= 4 is 11.9 Å².